The molecule has 0 aromatic carbocycles. The molecule has 6 heteroatoms. The van der Waals surface area contributed by atoms with E-state index in [0.717, 1.165) is 5.69 Å². The Morgan fingerprint density at radius 2 is 2.20 bits per heavy atom. The van der Waals surface area contributed by atoms with Gasteiger partial charge in [0.2, 0.25) is 0 Å². The molecule has 86 valence electrons. The molecule has 1 aromatic rings. The van der Waals surface area contributed by atoms with Gasteiger partial charge in [0.1, 0.15) is 0 Å². The number of aromatic nitrogens is 1. The maximum atomic E-state index is 11.8. The molecule has 0 amide bonds. The van der Waals surface area contributed by atoms with E-state index in [-0.39, 0.29) is 12.8 Å². The van der Waals surface area contributed by atoms with Crippen LogP contribution in [-0.2, 0) is 6.42 Å². The summed E-state index contributed by atoms with van der Waals surface area (Å²) in [6, 6.07) is 0. The second kappa shape index (κ2) is 4.94. The fourth-order valence-electron chi connectivity index (χ4n) is 1.13. The van der Waals surface area contributed by atoms with Crippen LogP contribution in [0.5, 0.6) is 0 Å². The summed E-state index contributed by atoms with van der Waals surface area (Å²) in [5, 5.41) is 11.8. The number of halogens is 3. The number of aryl methyl sites for hydroxylation is 1. The first kappa shape index (κ1) is 12.4. The number of hydrogen-bond donors (Lipinski definition) is 1. The molecule has 1 rings (SSSR count). The number of aliphatic hydroxyl groups excluding tert-OH is 1. The van der Waals surface area contributed by atoms with Gasteiger partial charge in [0.05, 0.1) is 11.1 Å². The molecule has 0 bridgehead atoms. The van der Waals surface area contributed by atoms with Gasteiger partial charge >= 0.3 is 6.18 Å². The summed E-state index contributed by atoms with van der Waals surface area (Å²) >= 11 is 1.36. The van der Waals surface area contributed by atoms with E-state index in [1.165, 1.54) is 11.3 Å². The molecule has 1 atom stereocenters. The summed E-state index contributed by atoms with van der Waals surface area (Å²) < 4.78 is 35.5. The van der Waals surface area contributed by atoms with Gasteiger partial charge in [0.15, 0.2) is 0 Å². The van der Waals surface area contributed by atoms with Gasteiger partial charge in [-0.05, 0) is 13.3 Å². The second-order valence-electron chi connectivity index (χ2n) is 3.39. The van der Waals surface area contributed by atoms with Crippen LogP contribution in [0.1, 0.15) is 23.5 Å². The van der Waals surface area contributed by atoms with Crippen LogP contribution >= 0.6 is 11.3 Å². The summed E-state index contributed by atoms with van der Waals surface area (Å²) in [6.45, 7) is 1.81. The lowest BCUT2D eigenvalue weighted by atomic mass is 10.1. The highest BCUT2D eigenvalue weighted by molar-refractivity contribution is 7.09. The Labute approximate surface area is 89.8 Å². The van der Waals surface area contributed by atoms with Gasteiger partial charge in [-0.1, -0.05) is 0 Å². The van der Waals surface area contributed by atoms with E-state index < -0.39 is 18.7 Å². The van der Waals surface area contributed by atoms with Crippen LogP contribution in [0.4, 0.5) is 13.2 Å². The van der Waals surface area contributed by atoms with Crippen molar-refractivity contribution in [1.29, 1.82) is 0 Å². The number of rotatable bonds is 4. The highest BCUT2D eigenvalue weighted by atomic mass is 32.1. The molecule has 0 saturated carbocycles. The number of hydrogen-bond acceptors (Lipinski definition) is 3. The Morgan fingerprint density at radius 1 is 1.53 bits per heavy atom. The van der Waals surface area contributed by atoms with Crippen LogP contribution in [-0.4, -0.2) is 22.4 Å². The summed E-state index contributed by atoms with van der Waals surface area (Å²) in [4.78, 5) is 4.07. The minimum absolute atomic E-state index is 0.203. The molecule has 1 heterocycles. The van der Waals surface area contributed by atoms with E-state index in [0.29, 0.717) is 5.01 Å². The van der Waals surface area contributed by atoms with Gasteiger partial charge in [-0.15, -0.1) is 11.3 Å². The van der Waals surface area contributed by atoms with E-state index in [1.807, 2.05) is 12.3 Å². The topological polar surface area (TPSA) is 33.1 Å². The number of thiazole rings is 1. The quantitative estimate of drug-likeness (QED) is 0.876. The monoisotopic (exact) mass is 239 g/mol. The zero-order chi connectivity index (χ0) is 11.5. The van der Waals surface area contributed by atoms with Crippen molar-refractivity contribution in [3.63, 3.8) is 0 Å². The molecule has 0 fully saturated rings. The molecule has 0 aliphatic heterocycles. The number of aliphatic hydroxyl groups is 1. The maximum absolute atomic E-state index is 11.8. The Bertz CT molecular complexity index is 311. The molecular formula is C9H12F3NOS. The maximum Gasteiger partial charge on any atom is 0.389 e. The molecule has 15 heavy (non-hydrogen) atoms. The zero-order valence-electron chi connectivity index (χ0n) is 8.21. The van der Waals surface area contributed by atoms with Crippen molar-refractivity contribution >= 4 is 11.3 Å². The van der Waals surface area contributed by atoms with Crippen molar-refractivity contribution in [2.24, 2.45) is 0 Å². The number of alkyl halides is 3. The average molecular weight is 239 g/mol. The van der Waals surface area contributed by atoms with Gasteiger partial charge in [0, 0.05) is 23.9 Å². The van der Waals surface area contributed by atoms with Gasteiger partial charge in [-0.2, -0.15) is 13.2 Å². The Morgan fingerprint density at radius 3 is 2.67 bits per heavy atom. The number of nitrogens with zero attached hydrogens (tertiary/aromatic N) is 1. The highest BCUT2D eigenvalue weighted by Gasteiger charge is 2.28. The molecular weight excluding hydrogens is 227 g/mol. The third kappa shape index (κ3) is 5.13. The first-order valence-corrected chi connectivity index (χ1v) is 5.40. The SMILES string of the molecule is Cc1csc(CC(O)CCC(F)(F)F)n1. The van der Waals surface area contributed by atoms with E-state index in [2.05, 4.69) is 4.98 Å². The average Bonchev–Trinajstić information content (AvgIpc) is 2.47. The van der Waals surface area contributed by atoms with Crippen LogP contribution in [0.2, 0.25) is 0 Å². The Kier molecular flexibility index (Phi) is 4.10. The fourth-order valence-corrected chi connectivity index (χ4v) is 1.97. The zero-order valence-corrected chi connectivity index (χ0v) is 9.03. The molecule has 1 N–H and O–H groups in total. The van der Waals surface area contributed by atoms with E-state index in [9.17, 15) is 18.3 Å². The van der Waals surface area contributed by atoms with Crippen molar-refractivity contribution in [2.75, 3.05) is 0 Å². The third-order valence-corrected chi connectivity index (χ3v) is 2.83. The van der Waals surface area contributed by atoms with Crippen LogP contribution in [0.15, 0.2) is 5.38 Å². The standard InChI is InChI=1S/C9H12F3NOS/c1-6-5-15-8(13-6)4-7(14)2-3-9(10,11)12/h5,7,14H,2-4H2,1H3. The van der Waals surface area contributed by atoms with Crippen molar-refractivity contribution < 1.29 is 18.3 Å². The predicted molar refractivity (Wildman–Crippen MR) is 51.9 cm³/mol. The van der Waals surface area contributed by atoms with Gasteiger partial charge in [-0.3, -0.25) is 0 Å². The molecule has 0 aliphatic rings. The van der Waals surface area contributed by atoms with E-state index >= 15 is 0 Å². The Balaban J connectivity index is 2.33. The summed E-state index contributed by atoms with van der Waals surface area (Å²) in [5.74, 6) is 0. The molecule has 0 radical (unpaired) electrons. The fraction of sp³-hybridized carbons (Fsp3) is 0.667. The van der Waals surface area contributed by atoms with Crippen LogP contribution in [0, 0.1) is 6.92 Å². The minimum Gasteiger partial charge on any atom is -0.393 e. The van der Waals surface area contributed by atoms with Crippen LogP contribution in [0.25, 0.3) is 0 Å². The van der Waals surface area contributed by atoms with Gasteiger partial charge < -0.3 is 5.11 Å². The highest BCUT2D eigenvalue weighted by Crippen LogP contribution is 2.23. The van der Waals surface area contributed by atoms with Crippen molar-refractivity contribution in [3.05, 3.63) is 16.1 Å². The largest absolute Gasteiger partial charge is 0.393 e. The smallest absolute Gasteiger partial charge is 0.389 e. The summed E-state index contributed by atoms with van der Waals surface area (Å²) in [7, 11) is 0. The lowest BCUT2D eigenvalue weighted by molar-refractivity contribution is -0.139. The van der Waals surface area contributed by atoms with E-state index in [1.54, 1.807) is 0 Å². The van der Waals surface area contributed by atoms with E-state index in [4.69, 9.17) is 0 Å². The molecule has 0 spiro atoms. The minimum atomic E-state index is -4.19. The summed E-state index contributed by atoms with van der Waals surface area (Å²) in [6.07, 6.45) is -6.16. The lowest BCUT2D eigenvalue weighted by Crippen LogP contribution is -2.16. The molecule has 1 aromatic heterocycles. The van der Waals surface area contributed by atoms with Crippen molar-refractivity contribution in [1.82, 2.24) is 4.98 Å². The van der Waals surface area contributed by atoms with Gasteiger partial charge in [-0.25, -0.2) is 4.98 Å². The molecule has 0 aliphatic carbocycles. The van der Waals surface area contributed by atoms with Crippen molar-refractivity contribution in [3.8, 4) is 0 Å². The van der Waals surface area contributed by atoms with Crippen LogP contribution in [0.3, 0.4) is 0 Å². The Hall–Kier alpha value is -0.620. The van der Waals surface area contributed by atoms with Gasteiger partial charge in [0.25, 0.3) is 0 Å². The first-order valence-electron chi connectivity index (χ1n) is 4.52. The first-order chi connectivity index (χ1) is 6.87. The lowest BCUT2D eigenvalue weighted by Gasteiger charge is -2.10. The molecule has 2 nitrogen and oxygen atoms in total. The molecule has 0 saturated heterocycles. The third-order valence-electron chi connectivity index (χ3n) is 1.84. The van der Waals surface area contributed by atoms with Crippen molar-refractivity contribution in [2.45, 2.75) is 38.5 Å². The normalized spacial score (nSPS) is 14.2. The molecule has 1 unspecified atom stereocenters. The predicted octanol–water partition coefficient (Wildman–Crippen LogP) is 2.70. The summed E-state index contributed by atoms with van der Waals surface area (Å²) in [5.41, 5.74) is 0.832. The van der Waals surface area contributed by atoms with Crippen LogP contribution < -0.4 is 0 Å². The second-order valence-corrected chi connectivity index (χ2v) is 4.34.